The number of imidazole rings is 1. The topological polar surface area (TPSA) is 129 Å². The fourth-order valence-electron chi connectivity index (χ4n) is 4.18. The molecule has 3 rings (SSSR count). The minimum atomic E-state index is -4.63. The number of likely N-dealkylation sites (tertiary alicyclic amines) is 1. The van der Waals surface area contributed by atoms with E-state index in [1.807, 2.05) is 20.8 Å². The van der Waals surface area contributed by atoms with Gasteiger partial charge in [-0.05, 0) is 36.1 Å². The van der Waals surface area contributed by atoms with Gasteiger partial charge in [-0.2, -0.15) is 13.2 Å². The third kappa shape index (κ3) is 6.47. The Hall–Kier alpha value is -3.54. The van der Waals surface area contributed by atoms with Crippen molar-refractivity contribution in [1.82, 2.24) is 25.1 Å². The molecule has 0 radical (unpaired) electrons. The van der Waals surface area contributed by atoms with Gasteiger partial charge in [-0.15, -0.1) is 0 Å². The largest absolute Gasteiger partial charge is 0.406 e. The van der Waals surface area contributed by atoms with Crippen LogP contribution in [0.4, 0.5) is 18.9 Å². The smallest absolute Gasteiger partial charge is 0.398 e. The van der Waals surface area contributed by atoms with Crippen molar-refractivity contribution >= 4 is 34.9 Å². The number of alkyl halides is 3. The number of hydrogen-bond donors (Lipinski definition) is 4. The lowest BCUT2D eigenvalue weighted by Gasteiger charge is -2.38. The van der Waals surface area contributed by atoms with Crippen molar-refractivity contribution in [1.29, 1.82) is 5.41 Å². The molecule has 2 aromatic rings. The van der Waals surface area contributed by atoms with Gasteiger partial charge in [0.25, 0.3) is 5.91 Å². The number of amides is 2. The minimum absolute atomic E-state index is 0.0737. The summed E-state index contributed by atoms with van der Waals surface area (Å²) in [5.41, 5.74) is 6.94. The molecule has 0 saturated carbocycles. The number of amidine groups is 1. The summed E-state index contributed by atoms with van der Waals surface area (Å²) in [6, 6.07) is 2.81. The highest BCUT2D eigenvalue weighted by atomic mass is 35.5. The van der Waals surface area contributed by atoms with Crippen molar-refractivity contribution in [2.45, 2.75) is 58.4 Å². The Bertz CT molecular complexity index is 1280. The minimum Gasteiger partial charge on any atom is -0.398 e. The highest BCUT2D eigenvalue weighted by molar-refractivity contribution is 6.32. The number of anilines is 1. The zero-order chi connectivity index (χ0) is 28.6. The Morgan fingerprint density at radius 2 is 1.92 bits per heavy atom. The first-order chi connectivity index (χ1) is 17.5. The number of benzene rings is 1. The monoisotopic (exact) mass is 553 g/mol. The van der Waals surface area contributed by atoms with Crippen LogP contribution in [0.3, 0.4) is 0 Å². The standard InChI is InChI=1S/C25H31ClF3N7O2/c1-6-20(37)35-10-14(11-35)34-23(38)21-13(2)33-19(36(21)12-25(27,28)29)9-32-22(31)15-7-16(24(3,4)5)17(26)8-18(15)30/h6-8,14H,1,9-12,30H2,2-5H3,(H2,31,32)(H,34,38). The van der Waals surface area contributed by atoms with Crippen LogP contribution in [0, 0.1) is 12.3 Å². The van der Waals surface area contributed by atoms with Crippen molar-refractivity contribution in [3.05, 3.63) is 58.1 Å². The molecule has 0 bridgehead atoms. The fourth-order valence-corrected chi connectivity index (χ4v) is 4.63. The maximum absolute atomic E-state index is 13.5. The maximum Gasteiger partial charge on any atom is 0.406 e. The molecule has 0 aliphatic carbocycles. The van der Waals surface area contributed by atoms with Gasteiger partial charge >= 0.3 is 6.18 Å². The Labute approximate surface area is 223 Å². The summed E-state index contributed by atoms with van der Waals surface area (Å²) in [6.45, 7) is 9.45. The molecule has 1 aliphatic heterocycles. The van der Waals surface area contributed by atoms with E-state index in [1.54, 1.807) is 6.07 Å². The molecule has 0 unspecified atom stereocenters. The van der Waals surface area contributed by atoms with Gasteiger partial charge in [-0.3, -0.25) is 15.0 Å². The van der Waals surface area contributed by atoms with E-state index in [9.17, 15) is 22.8 Å². The molecule has 13 heteroatoms. The van der Waals surface area contributed by atoms with Gasteiger partial charge in [0.2, 0.25) is 5.91 Å². The highest BCUT2D eigenvalue weighted by Gasteiger charge is 2.35. The maximum atomic E-state index is 13.5. The van der Waals surface area contributed by atoms with Crippen LogP contribution in [0.5, 0.6) is 0 Å². The van der Waals surface area contributed by atoms with Crippen LogP contribution in [0.25, 0.3) is 0 Å². The molecule has 1 aromatic heterocycles. The number of nitrogens with one attached hydrogen (secondary N) is 3. The number of nitrogen functional groups attached to an aromatic ring is 1. The molecule has 1 saturated heterocycles. The molecular formula is C25H31ClF3N7O2. The molecule has 5 N–H and O–H groups in total. The van der Waals surface area contributed by atoms with Crippen molar-refractivity contribution in [3.8, 4) is 0 Å². The van der Waals surface area contributed by atoms with Crippen LogP contribution in [-0.2, 0) is 23.3 Å². The number of aryl methyl sites for hydroxylation is 1. The third-order valence-electron chi connectivity index (χ3n) is 6.12. The zero-order valence-corrected chi connectivity index (χ0v) is 22.3. The average molecular weight is 554 g/mol. The lowest BCUT2D eigenvalue weighted by atomic mass is 9.85. The van der Waals surface area contributed by atoms with Crippen molar-refractivity contribution in [2.24, 2.45) is 0 Å². The summed E-state index contributed by atoms with van der Waals surface area (Å²) in [5, 5.41) is 14.3. The van der Waals surface area contributed by atoms with Crippen molar-refractivity contribution < 1.29 is 22.8 Å². The predicted molar refractivity (Wildman–Crippen MR) is 139 cm³/mol. The number of aromatic nitrogens is 2. The molecule has 1 fully saturated rings. The summed E-state index contributed by atoms with van der Waals surface area (Å²) in [5.74, 6) is -1.22. The molecule has 0 spiro atoms. The Kier molecular flexibility index (Phi) is 8.16. The first-order valence-corrected chi connectivity index (χ1v) is 12.2. The van der Waals surface area contributed by atoms with Gasteiger partial charge in [0.15, 0.2) is 0 Å². The van der Waals surface area contributed by atoms with Crippen molar-refractivity contribution in [3.63, 3.8) is 0 Å². The van der Waals surface area contributed by atoms with Gasteiger partial charge in [-0.25, -0.2) is 4.98 Å². The zero-order valence-electron chi connectivity index (χ0n) is 21.6. The summed E-state index contributed by atoms with van der Waals surface area (Å²) in [4.78, 5) is 30.2. The van der Waals surface area contributed by atoms with E-state index < -0.39 is 24.7 Å². The lowest BCUT2D eigenvalue weighted by molar-refractivity contribution is -0.141. The summed E-state index contributed by atoms with van der Waals surface area (Å²) >= 11 is 6.32. The lowest BCUT2D eigenvalue weighted by Crippen LogP contribution is -2.60. The molecule has 1 aliphatic rings. The number of hydrogen-bond acceptors (Lipinski definition) is 5. The quantitative estimate of drug-likeness (QED) is 0.180. The molecule has 2 amide bonds. The number of carbonyl (C=O) groups excluding carboxylic acids is 2. The van der Waals surface area contributed by atoms with Gasteiger partial charge in [0.1, 0.15) is 23.9 Å². The Morgan fingerprint density at radius 3 is 2.47 bits per heavy atom. The molecular weight excluding hydrogens is 523 g/mol. The number of nitrogens with two attached hydrogens (primary N) is 1. The molecule has 1 aromatic carbocycles. The van der Waals surface area contributed by atoms with E-state index >= 15 is 0 Å². The summed E-state index contributed by atoms with van der Waals surface area (Å²) < 4.78 is 41.2. The number of carbonyl (C=O) groups is 2. The Balaban J connectivity index is 1.83. The van der Waals surface area contributed by atoms with E-state index in [0.29, 0.717) is 10.6 Å². The van der Waals surface area contributed by atoms with Gasteiger partial charge < -0.3 is 25.8 Å². The first kappa shape index (κ1) is 29.0. The van der Waals surface area contributed by atoms with Crippen LogP contribution in [0.15, 0.2) is 24.8 Å². The number of nitrogens with zero attached hydrogens (tertiary/aromatic N) is 3. The SMILES string of the molecule is C=CC(=O)N1CC(NC(=O)c2c(C)nc(CNC(=N)c3cc(C(C)(C)C)c(Cl)cc3N)n2CC(F)(F)F)C1. The van der Waals surface area contributed by atoms with Gasteiger partial charge in [-0.1, -0.05) is 39.0 Å². The van der Waals surface area contributed by atoms with E-state index in [1.165, 1.54) is 17.9 Å². The van der Waals surface area contributed by atoms with E-state index in [4.69, 9.17) is 22.7 Å². The van der Waals surface area contributed by atoms with Crippen LogP contribution in [-0.4, -0.2) is 57.4 Å². The van der Waals surface area contributed by atoms with Crippen LogP contribution in [0.1, 0.15) is 53.9 Å². The third-order valence-corrected chi connectivity index (χ3v) is 6.43. The second kappa shape index (κ2) is 10.7. The molecule has 9 nitrogen and oxygen atoms in total. The van der Waals surface area contributed by atoms with Crippen LogP contribution in [0.2, 0.25) is 5.02 Å². The first-order valence-electron chi connectivity index (χ1n) is 11.8. The average Bonchev–Trinajstić information content (AvgIpc) is 3.05. The number of rotatable bonds is 7. The second-order valence-electron chi connectivity index (χ2n) is 10.2. The molecule has 0 atom stereocenters. The molecule has 38 heavy (non-hydrogen) atoms. The van der Waals surface area contributed by atoms with Crippen LogP contribution < -0.4 is 16.4 Å². The van der Waals surface area contributed by atoms with Gasteiger partial charge in [0.05, 0.1) is 18.3 Å². The second-order valence-corrected chi connectivity index (χ2v) is 10.6. The Morgan fingerprint density at radius 1 is 1.29 bits per heavy atom. The molecule has 206 valence electrons. The highest BCUT2D eigenvalue weighted by Crippen LogP contribution is 2.33. The normalized spacial score (nSPS) is 14.2. The predicted octanol–water partition coefficient (Wildman–Crippen LogP) is 3.53. The molecule has 2 heterocycles. The van der Waals surface area contributed by atoms with E-state index in [-0.39, 0.29) is 59.7 Å². The van der Waals surface area contributed by atoms with E-state index in [2.05, 4.69) is 22.2 Å². The van der Waals surface area contributed by atoms with Crippen LogP contribution >= 0.6 is 11.6 Å². The summed E-state index contributed by atoms with van der Waals surface area (Å²) in [6.07, 6.45) is -3.48. The van der Waals surface area contributed by atoms with Crippen molar-refractivity contribution in [2.75, 3.05) is 18.8 Å². The number of halogens is 4. The summed E-state index contributed by atoms with van der Waals surface area (Å²) in [7, 11) is 0. The fraction of sp³-hybridized carbons (Fsp3) is 0.440. The van der Waals surface area contributed by atoms with Gasteiger partial charge in [0, 0.05) is 29.4 Å². The van der Waals surface area contributed by atoms with E-state index in [0.717, 1.165) is 16.2 Å².